The molecule has 0 radical (unpaired) electrons. The summed E-state index contributed by atoms with van der Waals surface area (Å²) < 4.78 is 0. The van der Waals surface area contributed by atoms with Crippen LogP contribution in [0.2, 0.25) is 5.02 Å². The molecule has 1 heterocycles. The van der Waals surface area contributed by atoms with E-state index in [0.717, 1.165) is 16.3 Å². The van der Waals surface area contributed by atoms with E-state index in [4.69, 9.17) is 17.3 Å². The predicted octanol–water partition coefficient (Wildman–Crippen LogP) is 2.99. The molecule has 5 nitrogen and oxygen atoms in total. The lowest BCUT2D eigenvalue weighted by Gasteiger charge is -2.29. The molecule has 24 heavy (non-hydrogen) atoms. The second-order valence-corrected chi connectivity index (χ2v) is 6.82. The zero-order chi connectivity index (χ0) is 17.1. The number of carbonyl (C=O) groups is 2. The van der Waals surface area contributed by atoms with Crippen LogP contribution >= 0.6 is 23.4 Å². The molecule has 0 aliphatic carbocycles. The number of nitrogens with two attached hydrogens (primary N) is 1. The summed E-state index contributed by atoms with van der Waals surface area (Å²) in [5.74, 6) is 0.282. The third-order valence-corrected chi connectivity index (χ3v) is 5.06. The van der Waals surface area contributed by atoms with Crippen LogP contribution in [0.4, 0.5) is 11.4 Å². The Labute approximate surface area is 149 Å². The number of primary amides is 1. The van der Waals surface area contributed by atoms with E-state index in [1.165, 1.54) is 0 Å². The van der Waals surface area contributed by atoms with Crippen LogP contribution in [-0.2, 0) is 4.79 Å². The third kappa shape index (κ3) is 3.49. The number of amides is 2. The number of thioether (sulfide) groups is 1. The van der Waals surface area contributed by atoms with Gasteiger partial charge in [-0.1, -0.05) is 23.7 Å². The van der Waals surface area contributed by atoms with Crippen LogP contribution in [0.1, 0.15) is 10.4 Å². The quantitative estimate of drug-likeness (QED) is 0.877. The Bertz CT molecular complexity index is 797. The fraction of sp³-hybridized carbons (Fsp3) is 0.176. The van der Waals surface area contributed by atoms with Crippen LogP contribution < -0.4 is 16.0 Å². The van der Waals surface area contributed by atoms with E-state index in [0.29, 0.717) is 12.2 Å². The van der Waals surface area contributed by atoms with Gasteiger partial charge in [-0.15, -0.1) is 11.8 Å². The number of halogens is 1. The van der Waals surface area contributed by atoms with Gasteiger partial charge in [-0.3, -0.25) is 9.59 Å². The van der Waals surface area contributed by atoms with Crippen molar-refractivity contribution in [2.45, 2.75) is 4.90 Å². The fourth-order valence-corrected chi connectivity index (χ4v) is 3.79. The highest BCUT2D eigenvalue weighted by Gasteiger charge is 2.22. The van der Waals surface area contributed by atoms with Gasteiger partial charge < -0.3 is 16.0 Å². The number of rotatable bonds is 4. The predicted molar refractivity (Wildman–Crippen MR) is 98.0 cm³/mol. The summed E-state index contributed by atoms with van der Waals surface area (Å²) in [4.78, 5) is 26.6. The molecule has 0 atom stereocenters. The molecule has 1 aliphatic heterocycles. The van der Waals surface area contributed by atoms with Gasteiger partial charge in [-0.2, -0.15) is 0 Å². The van der Waals surface area contributed by atoms with Crippen molar-refractivity contribution in [1.29, 1.82) is 0 Å². The van der Waals surface area contributed by atoms with E-state index in [-0.39, 0.29) is 23.0 Å². The Morgan fingerprint density at radius 1 is 1.25 bits per heavy atom. The lowest BCUT2D eigenvalue weighted by atomic mass is 10.2. The van der Waals surface area contributed by atoms with Gasteiger partial charge in [0.2, 0.25) is 11.8 Å². The van der Waals surface area contributed by atoms with E-state index in [9.17, 15) is 9.59 Å². The van der Waals surface area contributed by atoms with Gasteiger partial charge in [0.05, 0.1) is 22.8 Å². The lowest BCUT2D eigenvalue weighted by molar-refractivity contribution is -0.117. The van der Waals surface area contributed by atoms with Crippen molar-refractivity contribution >= 4 is 46.6 Å². The average molecular weight is 362 g/mol. The van der Waals surface area contributed by atoms with Crippen molar-refractivity contribution in [3.05, 3.63) is 53.1 Å². The van der Waals surface area contributed by atoms with Crippen molar-refractivity contribution in [2.75, 3.05) is 29.1 Å². The van der Waals surface area contributed by atoms with E-state index in [1.807, 2.05) is 24.3 Å². The summed E-state index contributed by atoms with van der Waals surface area (Å²) in [6.45, 7) is 0.828. The molecule has 7 heteroatoms. The molecule has 1 aliphatic rings. The zero-order valence-corrected chi connectivity index (χ0v) is 14.4. The van der Waals surface area contributed by atoms with Gasteiger partial charge in [0.1, 0.15) is 0 Å². The minimum atomic E-state index is -0.579. The van der Waals surface area contributed by atoms with Gasteiger partial charge in [0, 0.05) is 22.9 Å². The first kappa shape index (κ1) is 16.7. The van der Waals surface area contributed by atoms with Crippen molar-refractivity contribution in [1.82, 2.24) is 0 Å². The normalized spacial score (nSPS) is 13.3. The van der Waals surface area contributed by atoms with E-state index in [2.05, 4.69) is 5.32 Å². The fourth-order valence-electron chi connectivity index (χ4n) is 2.53. The van der Waals surface area contributed by atoms with Crippen LogP contribution in [0.5, 0.6) is 0 Å². The van der Waals surface area contributed by atoms with Gasteiger partial charge in [0.15, 0.2) is 0 Å². The van der Waals surface area contributed by atoms with Crippen LogP contribution in [0.3, 0.4) is 0 Å². The summed E-state index contributed by atoms with van der Waals surface area (Å²) in [5.41, 5.74) is 7.09. The number of benzene rings is 2. The minimum absolute atomic E-state index is 0.0159. The molecule has 0 saturated carbocycles. The number of hydrogen-bond acceptors (Lipinski definition) is 4. The number of fused-ring (bicyclic) bond motifs is 1. The molecule has 0 aromatic heterocycles. The lowest BCUT2D eigenvalue weighted by Crippen LogP contribution is -2.39. The standard InChI is InChI=1S/C17H16ClN3O2S/c18-13-9-11(5-6-12(13)17(19)23)20-10-16(22)21-7-8-24-15-4-2-1-3-14(15)21/h1-6,9,20H,7-8,10H2,(H2,19,23). The number of nitrogens with zero attached hydrogens (tertiary/aromatic N) is 1. The summed E-state index contributed by atoms with van der Waals surface area (Å²) in [5, 5.41) is 3.31. The molecule has 2 aromatic carbocycles. The van der Waals surface area contributed by atoms with E-state index >= 15 is 0 Å². The van der Waals surface area contributed by atoms with Crippen LogP contribution in [-0.4, -0.2) is 30.7 Å². The molecule has 0 unspecified atom stereocenters. The largest absolute Gasteiger partial charge is 0.376 e. The van der Waals surface area contributed by atoms with Gasteiger partial charge >= 0.3 is 0 Å². The molecule has 3 rings (SSSR count). The summed E-state index contributed by atoms with van der Waals surface area (Å²) in [7, 11) is 0. The number of carbonyl (C=O) groups excluding carboxylic acids is 2. The Balaban J connectivity index is 1.68. The molecule has 0 bridgehead atoms. The maximum atomic E-state index is 12.5. The first-order chi connectivity index (χ1) is 11.6. The van der Waals surface area contributed by atoms with E-state index in [1.54, 1.807) is 34.9 Å². The highest BCUT2D eigenvalue weighted by molar-refractivity contribution is 7.99. The van der Waals surface area contributed by atoms with Crippen molar-refractivity contribution in [3.8, 4) is 0 Å². The van der Waals surface area contributed by atoms with Crippen molar-refractivity contribution in [2.24, 2.45) is 5.73 Å². The molecule has 2 amide bonds. The topological polar surface area (TPSA) is 75.4 Å². The van der Waals surface area contributed by atoms with Crippen molar-refractivity contribution in [3.63, 3.8) is 0 Å². The molecule has 0 spiro atoms. The van der Waals surface area contributed by atoms with Crippen LogP contribution in [0.25, 0.3) is 0 Å². The van der Waals surface area contributed by atoms with Gasteiger partial charge in [0.25, 0.3) is 0 Å². The third-order valence-electron chi connectivity index (χ3n) is 3.71. The number of anilines is 2. The Hall–Kier alpha value is -2.18. The van der Waals surface area contributed by atoms with Crippen LogP contribution in [0.15, 0.2) is 47.4 Å². The number of hydrogen-bond donors (Lipinski definition) is 2. The molecular formula is C17H16ClN3O2S. The first-order valence-electron chi connectivity index (χ1n) is 7.41. The molecule has 2 aromatic rings. The molecule has 3 N–H and O–H groups in total. The number of para-hydroxylation sites is 1. The highest BCUT2D eigenvalue weighted by atomic mass is 35.5. The molecule has 0 fully saturated rings. The van der Waals surface area contributed by atoms with Gasteiger partial charge in [-0.25, -0.2) is 0 Å². The van der Waals surface area contributed by atoms with Crippen molar-refractivity contribution < 1.29 is 9.59 Å². The Kier molecular flexibility index (Phi) is 4.97. The summed E-state index contributed by atoms with van der Waals surface area (Å²) >= 11 is 7.77. The molecule has 0 saturated heterocycles. The minimum Gasteiger partial charge on any atom is -0.376 e. The SMILES string of the molecule is NC(=O)c1ccc(NCC(=O)N2CCSc3ccccc32)cc1Cl. The van der Waals surface area contributed by atoms with Crippen LogP contribution in [0, 0.1) is 0 Å². The summed E-state index contributed by atoms with van der Waals surface area (Å²) in [6, 6.07) is 12.7. The number of nitrogens with one attached hydrogen (secondary N) is 1. The van der Waals surface area contributed by atoms with E-state index < -0.39 is 5.91 Å². The maximum absolute atomic E-state index is 12.5. The second kappa shape index (κ2) is 7.15. The smallest absolute Gasteiger partial charge is 0.250 e. The first-order valence-corrected chi connectivity index (χ1v) is 8.78. The second-order valence-electron chi connectivity index (χ2n) is 5.27. The Morgan fingerprint density at radius 2 is 2.04 bits per heavy atom. The van der Waals surface area contributed by atoms with Gasteiger partial charge in [-0.05, 0) is 30.3 Å². The molecule has 124 valence electrons. The monoisotopic (exact) mass is 361 g/mol. The zero-order valence-electron chi connectivity index (χ0n) is 12.8. The summed E-state index contributed by atoms with van der Waals surface area (Å²) in [6.07, 6.45) is 0. The molecular weight excluding hydrogens is 346 g/mol. The highest BCUT2D eigenvalue weighted by Crippen LogP contribution is 2.34. The maximum Gasteiger partial charge on any atom is 0.250 e. The Morgan fingerprint density at radius 3 is 2.79 bits per heavy atom. The average Bonchev–Trinajstić information content (AvgIpc) is 2.59.